The first kappa shape index (κ1) is 30.1. The minimum atomic E-state index is -0.0272. The number of carbonyl (C=O) groups excluding carboxylic acids is 1. The van der Waals surface area contributed by atoms with Crippen molar-refractivity contribution in [1.29, 1.82) is 5.41 Å². The van der Waals surface area contributed by atoms with Gasteiger partial charge in [0.15, 0.2) is 5.82 Å². The van der Waals surface area contributed by atoms with E-state index in [1.807, 2.05) is 17.9 Å². The maximum absolute atomic E-state index is 12.3. The van der Waals surface area contributed by atoms with Crippen molar-refractivity contribution in [2.24, 2.45) is 0 Å². The number of hydrogen-bond acceptors (Lipinski definition) is 8. The summed E-state index contributed by atoms with van der Waals surface area (Å²) < 4.78 is 13.8. The van der Waals surface area contributed by atoms with E-state index in [-0.39, 0.29) is 23.6 Å². The Bertz CT molecular complexity index is 1390. The number of nitrogens with zero attached hydrogens (tertiary/aromatic N) is 5. The molecule has 6 rings (SSSR count). The van der Waals surface area contributed by atoms with E-state index in [4.69, 9.17) is 37.3 Å². The van der Waals surface area contributed by atoms with E-state index in [9.17, 15) is 4.79 Å². The summed E-state index contributed by atoms with van der Waals surface area (Å²) in [7, 11) is 0. The van der Waals surface area contributed by atoms with Crippen LogP contribution in [0.5, 0.6) is 0 Å². The topological polar surface area (TPSA) is 113 Å². The molecule has 1 aromatic carbocycles. The first-order valence-corrected chi connectivity index (χ1v) is 15.9. The molecule has 4 heterocycles. The van der Waals surface area contributed by atoms with Crippen LogP contribution in [0.4, 0.5) is 11.5 Å². The van der Waals surface area contributed by atoms with Crippen molar-refractivity contribution in [3.63, 3.8) is 0 Å². The third-order valence-electron chi connectivity index (χ3n) is 9.96. The van der Waals surface area contributed by atoms with Crippen LogP contribution in [-0.4, -0.2) is 102 Å². The van der Waals surface area contributed by atoms with Gasteiger partial charge in [0.2, 0.25) is 5.91 Å². The van der Waals surface area contributed by atoms with Crippen LogP contribution in [0.1, 0.15) is 55.0 Å². The molecular formula is C32H44ClN7O3. The fourth-order valence-electron chi connectivity index (χ4n) is 7.52. The van der Waals surface area contributed by atoms with Crippen molar-refractivity contribution in [3.8, 4) is 11.1 Å². The SMILES string of the molecule is C=CC(=O)N1CCC(n2nc(N3CCN(C[C@@H]4COCCO4)CC34CCC4)c(-c3c(Cl)c(C)cc(N)c3C=N)c2C)CC1. The Kier molecular flexibility index (Phi) is 8.56. The van der Waals surface area contributed by atoms with Crippen LogP contribution in [0, 0.1) is 19.3 Å². The number of aromatic nitrogens is 2. The molecule has 1 saturated carbocycles. The van der Waals surface area contributed by atoms with Gasteiger partial charge in [0.05, 0.1) is 42.5 Å². The quantitative estimate of drug-likeness (QED) is 0.275. The predicted octanol–water partition coefficient (Wildman–Crippen LogP) is 4.21. The molecule has 0 unspecified atom stereocenters. The number of nitrogens with two attached hydrogens (primary N) is 1. The van der Waals surface area contributed by atoms with Gasteiger partial charge in [-0.3, -0.25) is 14.4 Å². The third kappa shape index (κ3) is 5.47. The van der Waals surface area contributed by atoms with Crippen molar-refractivity contribution in [3.05, 3.63) is 40.6 Å². The van der Waals surface area contributed by atoms with Crippen molar-refractivity contribution >= 4 is 35.2 Å². The Balaban J connectivity index is 1.40. The van der Waals surface area contributed by atoms with E-state index in [1.54, 1.807) is 0 Å². The number of nitrogen functional groups attached to an aromatic ring is 1. The predicted molar refractivity (Wildman–Crippen MR) is 170 cm³/mol. The molecule has 3 aliphatic heterocycles. The summed E-state index contributed by atoms with van der Waals surface area (Å²) >= 11 is 7.08. The van der Waals surface area contributed by atoms with Gasteiger partial charge < -0.3 is 30.4 Å². The van der Waals surface area contributed by atoms with Gasteiger partial charge in [-0.1, -0.05) is 18.2 Å². The smallest absolute Gasteiger partial charge is 0.245 e. The fraction of sp³-hybridized carbons (Fsp3) is 0.594. The second-order valence-corrected chi connectivity index (χ2v) is 12.9. The molecule has 0 radical (unpaired) electrons. The highest BCUT2D eigenvalue weighted by atomic mass is 35.5. The Hall–Kier alpha value is -2.92. The number of hydrogen-bond donors (Lipinski definition) is 2. The van der Waals surface area contributed by atoms with Gasteiger partial charge in [0.1, 0.15) is 0 Å². The lowest BCUT2D eigenvalue weighted by Gasteiger charge is -2.56. The number of halogens is 1. The van der Waals surface area contributed by atoms with Crippen LogP contribution >= 0.6 is 11.6 Å². The van der Waals surface area contributed by atoms with Gasteiger partial charge >= 0.3 is 0 Å². The molecule has 3 saturated heterocycles. The van der Waals surface area contributed by atoms with Crippen molar-refractivity contribution in [2.75, 3.05) is 69.7 Å². The molecule has 4 aliphatic rings. The standard InChI is InChI=1S/C32H44ClN7O3/c1-4-27(41)38-10-6-23(7-11-38)40-22(3)28(29-25(17-34)26(35)16-21(2)30(29)33)31(36-40)39-13-12-37(20-32(39)8-5-9-32)18-24-19-42-14-15-43-24/h4,16-17,23-24,34H,1,5-15,18-20,35H2,2-3H3/t24-/m1/s1. The van der Waals surface area contributed by atoms with Crippen LogP contribution in [0.2, 0.25) is 5.02 Å². The van der Waals surface area contributed by atoms with Crippen LogP contribution in [0.15, 0.2) is 18.7 Å². The molecule has 1 amide bonds. The summed E-state index contributed by atoms with van der Waals surface area (Å²) in [6, 6.07) is 1.99. The number of piperidine rings is 1. The van der Waals surface area contributed by atoms with Crippen LogP contribution in [0.3, 0.4) is 0 Å². The molecule has 232 valence electrons. The number of aryl methyl sites for hydroxylation is 1. The van der Waals surface area contributed by atoms with Crippen LogP contribution < -0.4 is 10.6 Å². The summed E-state index contributed by atoms with van der Waals surface area (Å²) in [5, 5.41) is 14.3. The number of benzene rings is 1. The molecule has 4 fully saturated rings. The van der Waals surface area contributed by atoms with E-state index in [2.05, 4.69) is 28.0 Å². The molecule has 43 heavy (non-hydrogen) atoms. The number of piperazine rings is 1. The summed E-state index contributed by atoms with van der Waals surface area (Å²) in [5.41, 5.74) is 11.3. The number of amides is 1. The molecular weight excluding hydrogens is 566 g/mol. The zero-order chi connectivity index (χ0) is 30.3. The van der Waals surface area contributed by atoms with Gasteiger partial charge in [-0.15, -0.1) is 0 Å². The summed E-state index contributed by atoms with van der Waals surface area (Å²) in [6.45, 7) is 14.6. The lowest BCUT2D eigenvalue weighted by molar-refractivity contribution is -0.127. The molecule has 11 heteroatoms. The zero-order valence-electron chi connectivity index (χ0n) is 25.4. The second-order valence-electron chi connectivity index (χ2n) is 12.6. The first-order valence-electron chi connectivity index (χ1n) is 15.6. The average Bonchev–Trinajstić information content (AvgIpc) is 3.34. The molecule has 10 nitrogen and oxygen atoms in total. The van der Waals surface area contributed by atoms with Gasteiger partial charge in [-0.25, -0.2) is 0 Å². The minimum Gasteiger partial charge on any atom is -0.398 e. The molecule has 1 aromatic heterocycles. The Labute approximate surface area is 259 Å². The minimum absolute atomic E-state index is 0.0235. The number of likely N-dealkylation sites (tertiary alicyclic amines) is 1. The molecule has 3 N–H and O–H groups in total. The van der Waals surface area contributed by atoms with Crippen molar-refractivity contribution < 1.29 is 14.3 Å². The van der Waals surface area contributed by atoms with Crippen molar-refractivity contribution in [1.82, 2.24) is 19.6 Å². The van der Waals surface area contributed by atoms with E-state index in [1.165, 1.54) is 18.7 Å². The van der Waals surface area contributed by atoms with E-state index in [0.29, 0.717) is 49.2 Å². The van der Waals surface area contributed by atoms with Crippen molar-refractivity contribution in [2.45, 2.75) is 63.6 Å². The van der Waals surface area contributed by atoms with Gasteiger partial charge in [-0.05, 0) is 63.7 Å². The largest absolute Gasteiger partial charge is 0.398 e. The maximum atomic E-state index is 12.3. The summed E-state index contributed by atoms with van der Waals surface area (Å²) in [4.78, 5) is 19.2. The number of ether oxygens (including phenoxy) is 2. The van der Waals surface area contributed by atoms with Gasteiger partial charge in [0, 0.05) is 73.6 Å². The lowest BCUT2D eigenvalue weighted by atomic mass is 9.73. The molecule has 2 aromatic rings. The highest BCUT2D eigenvalue weighted by molar-refractivity contribution is 6.35. The Morgan fingerprint density at radius 2 is 1.98 bits per heavy atom. The summed E-state index contributed by atoms with van der Waals surface area (Å²) in [5.74, 6) is 0.901. The average molecular weight is 610 g/mol. The highest BCUT2D eigenvalue weighted by Gasteiger charge is 2.49. The normalized spacial score (nSPS) is 22.9. The molecule has 0 bridgehead atoms. The molecule has 1 aliphatic carbocycles. The third-order valence-corrected chi connectivity index (χ3v) is 10.4. The first-order chi connectivity index (χ1) is 20.8. The van der Waals surface area contributed by atoms with Gasteiger partial charge in [0.25, 0.3) is 0 Å². The fourth-order valence-corrected chi connectivity index (χ4v) is 7.77. The molecule has 1 atom stereocenters. The maximum Gasteiger partial charge on any atom is 0.245 e. The summed E-state index contributed by atoms with van der Waals surface area (Å²) in [6.07, 6.45) is 7.82. The monoisotopic (exact) mass is 609 g/mol. The Morgan fingerprint density at radius 1 is 1.21 bits per heavy atom. The number of carbonyl (C=O) groups is 1. The van der Waals surface area contributed by atoms with Gasteiger partial charge in [-0.2, -0.15) is 5.10 Å². The van der Waals surface area contributed by atoms with E-state index in [0.717, 1.165) is 80.1 Å². The van der Waals surface area contributed by atoms with E-state index < -0.39 is 0 Å². The zero-order valence-corrected chi connectivity index (χ0v) is 26.2. The number of rotatable bonds is 7. The lowest BCUT2D eigenvalue weighted by Crippen LogP contribution is -2.67. The van der Waals surface area contributed by atoms with E-state index >= 15 is 0 Å². The molecule has 1 spiro atoms. The van der Waals surface area contributed by atoms with Crippen LogP contribution in [-0.2, 0) is 14.3 Å². The second kappa shape index (κ2) is 12.2. The number of anilines is 2. The Morgan fingerprint density at radius 3 is 2.60 bits per heavy atom. The van der Waals surface area contributed by atoms with Crippen LogP contribution in [0.25, 0.3) is 11.1 Å². The highest BCUT2D eigenvalue weighted by Crippen LogP contribution is 2.49. The number of nitrogens with one attached hydrogen (secondary N) is 1.